The van der Waals surface area contributed by atoms with Crippen LogP contribution in [0.15, 0.2) is 40.8 Å². The molecule has 0 fully saturated rings. The van der Waals surface area contributed by atoms with Crippen molar-refractivity contribution in [2.75, 3.05) is 32.7 Å². The van der Waals surface area contributed by atoms with Crippen molar-refractivity contribution in [1.82, 2.24) is 4.98 Å². The quantitative estimate of drug-likeness (QED) is 0.383. The van der Waals surface area contributed by atoms with Gasteiger partial charge in [0, 0.05) is 62.2 Å². The summed E-state index contributed by atoms with van der Waals surface area (Å²) in [5.41, 5.74) is 5.25. The lowest BCUT2D eigenvalue weighted by atomic mass is 9.78. The molecule has 2 aromatic carbocycles. The average molecular weight is 465 g/mol. The van der Waals surface area contributed by atoms with Crippen molar-refractivity contribution in [2.45, 2.75) is 65.2 Å². The third kappa shape index (κ3) is 5.64. The number of phenols is 1. The Morgan fingerprint density at radius 3 is 1.94 bits per heavy atom. The molecule has 0 spiro atoms. The van der Waals surface area contributed by atoms with Gasteiger partial charge in [0.1, 0.15) is 17.2 Å². The Hall–Kier alpha value is -2.79. The number of methoxy groups -OCH3 is 1. The molecule has 0 radical (unpaired) electrons. The van der Waals surface area contributed by atoms with Crippen LogP contribution in [-0.2, 0) is 22.0 Å². The fourth-order valence-corrected chi connectivity index (χ4v) is 4.07. The first-order chi connectivity index (χ1) is 15.8. The van der Waals surface area contributed by atoms with Gasteiger partial charge >= 0.3 is 0 Å². The molecule has 5 nitrogen and oxygen atoms in total. The first-order valence-corrected chi connectivity index (χ1v) is 12.0. The smallest absolute Gasteiger partial charge is 0.226 e. The van der Waals surface area contributed by atoms with Crippen LogP contribution in [-0.4, -0.2) is 37.9 Å². The van der Waals surface area contributed by atoms with E-state index in [0.717, 1.165) is 52.2 Å². The molecule has 0 aliphatic heterocycles. The standard InChI is InChI=1S/C29H40N2O3/c1-28(2,3)22-17-20(18-23(26(22)32)29(4,5)6)27-30-25(24(34-27)11-10-16-33-9)19-12-14-21(15-13-19)31(7)8/h12-15,17-18,32H,10-11,16H2,1-9H3. The van der Waals surface area contributed by atoms with Gasteiger partial charge in [-0.15, -0.1) is 0 Å². The monoisotopic (exact) mass is 464 g/mol. The maximum Gasteiger partial charge on any atom is 0.226 e. The highest BCUT2D eigenvalue weighted by molar-refractivity contribution is 5.69. The molecule has 184 valence electrons. The molecule has 0 saturated carbocycles. The van der Waals surface area contributed by atoms with Crippen LogP contribution in [0.2, 0.25) is 0 Å². The van der Waals surface area contributed by atoms with Crippen LogP contribution in [0.3, 0.4) is 0 Å². The Morgan fingerprint density at radius 2 is 1.47 bits per heavy atom. The maximum absolute atomic E-state index is 11.1. The number of phenolic OH excluding ortho intramolecular Hbond substituents is 1. The minimum absolute atomic E-state index is 0.223. The second kappa shape index (κ2) is 9.83. The van der Waals surface area contributed by atoms with Crippen molar-refractivity contribution in [2.24, 2.45) is 0 Å². The largest absolute Gasteiger partial charge is 0.507 e. The van der Waals surface area contributed by atoms with Crippen molar-refractivity contribution >= 4 is 5.69 Å². The van der Waals surface area contributed by atoms with Crippen LogP contribution >= 0.6 is 0 Å². The zero-order valence-corrected chi connectivity index (χ0v) is 22.2. The van der Waals surface area contributed by atoms with E-state index in [4.69, 9.17) is 14.1 Å². The maximum atomic E-state index is 11.1. The van der Waals surface area contributed by atoms with Crippen molar-refractivity contribution < 1.29 is 14.3 Å². The molecule has 5 heteroatoms. The predicted octanol–water partition coefficient (Wildman–Crippen LogP) is 6.95. The Bertz CT molecular complexity index is 1080. The summed E-state index contributed by atoms with van der Waals surface area (Å²) >= 11 is 0. The second-order valence-corrected chi connectivity index (χ2v) is 11.2. The zero-order valence-electron chi connectivity index (χ0n) is 22.2. The molecule has 0 unspecified atom stereocenters. The van der Waals surface area contributed by atoms with Crippen molar-refractivity contribution in [3.8, 4) is 28.5 Å². The van der Waals surface area contributed by atoms with Gasteiger partial charge in [-0.05, 0) is 41.5 Å². The van der Waals surface area contributed by atoms with E-state index in [9.17, 15) is 5.11 Å². The average Bonchev–Trinajstić information content (AvgIpc) is 3.16. The van der Waals surface area contributed by atoms with Crippen LogP contribution in [0.5, 0.6) is 5.75 Å². The molecule has 1 aromatic heterocycles. The molecular weight excluding hydrogens is 424 g/mol. The van der Waals surface area contributed by atoms with Gasteiger partial charge in [0.05, 0.1) is 0 Å². The van der Waals surface area contributed by atoms with Gasteiger partial charge in [0.15, 0.2) is 0 Å². The Kier molecular flexibility index (Phi) is 7.47. The fraction of sp³-hybridized carbons (Fsp3) is 0.483. The third-order valence-electron chi connectivity index (χ3n) is 6.08. The van der Waals surface area contributed by atoms with Crippen molar-refractivity contribution in [3.05, 3.63) is 53.3 Å². The van der Waals surface area contributed by atoms with E-state index in [1.54, 1.807) is 7.11 Å². The second-order valence-electron chi connectivity index (χ2n) is 11.2. The number of oxazole rings is 1. The highest BCUT2D eigenvalue weighted by atomic mass is 16.5. The molecular formula is C29H40N2O3. The lowest BCUT2D eigenvalue weighted by Crippen LogP contribution is -2.17. The molecule has 0 atom stereocenters. The SMILES string of the molecule is COCCCc1oc(-c2cc(C(C)(C)C)c(O)c(C(C)(C)C)c2)nc1-c1ccc(N(C)C)cc1. The van der Waals surface area contributed by atoms with Crippen LogP contribution in [0.1, 0.15) is 64.9 Å². The molecule has 3 rings (SSSR count). The fourth-order valence-electron chi connectivity index (χ4n) is 4.07. The molecule has 1 N–H and O–H groups in total. The number of hydrogen-bond acceptors (Lipinski definition) is 5. The van der Waals surface area contributed by atoms with E-state index in [1.165, 1.54) is 0 Å². The minimum Gasteiger partial charge on any atom is -0.507 e. The number of rotatable bonds is 7. The summed E-state index contributed by atoms with van der Waals surface area (Å²) in [7, 11) is 5.78. The number of aryl methyl sites for hydroxylation is 1. The molecule has 0 amide bonds. The summed E-state index contributed by atoms with van der Waals surface area (Å²) in [4.78, 5) is 7.06. The first kappa shape index (κ1) is 25.8. The lowest BCUT2D eigenvalue weighted by molar-refractivity contribution is 0.193. The Morgan fingerprint density at radius 1 is 0.912 bits per heavy atom. The van der Waals surface area contributed by atoms with E-state index in [0.29, 0.717) is 18.2 Å². The van der Waals surface area contributed by atoms with E-state index in [-0.39, 0.29) is 10.8 Å². The summed E-state index contributed by atoms with van der Waals surface area (Å²) in [6.07, 6.45) is 1.59. The van der Waals surface area contributed by atoms with Crippen LogP contribution < -0.4 is 4.90 Å². The lowest BCUT2D eigenvalue weighted by Gasteiger charge is -2.27. The minimum atomic E-state index is -0.223. The van der Waals surface area contributed by atoms with E-state index in [2.05, 4.69) is 70.7 Å². The molecule has 3 aromatic rings. The Balaban J connectivity index is 2.17. The van der Waals surface area contributed by atoms with Crippen molar-refractivity contribution in [1.29, 1.82) is 0 Å². The van der Waals surface area contributed by atoms with E-state index < -0.39 is 0 Å². The molecule has 0 bridgehead atoms. The number of aromatic nitrogens is 1. The van der Waals surface area contributed by atoms with Gasteiger partial charge in [-0.1, -0.05) is 53.7 Å². The molecule has 0 aliphatic rings. The zero-order chi connectivity index (χ0) is 25.3. The number of anilines is 1. The van der Waals surface area contributed by atoms with Crippen molar-refractivity contribution in [3.63, 3.8) is 0 Å². The number of nitrogens with zero attached hydrogens (tertiary/aromatic N) is 2. The van der Waals surface area contributed by atoms with Gasteiger partial charge in [0.2, 0.25) is 5.89 Å². The third-order valence-corrected chi connectivity index (χ3v) is 6.08. The normalized spacial score (nSPS) is 12.3. The molecule has 0 saturated heterocycles. The molecule has 1 heterocycles. The van der Waals surface area contributed by atoms with Gasteiger partial charge in [-0.3, -0.25) is 0 Å². The van der Waals surface area contributed by atoms with Crippen LogP contribution in [0.25, 0.3) is 22.7 Å². The molecule has 34 heavy (non-hydrogen) atoms. The number of hydrogen-bond donors (Lipinski definition) is 1. The van der Waals surface area contributed by atoms with Gasteiger partial charge in [0.25, 0.3) is 0 Å². The van der Waals surface area contributed by atoms with Gasteiger partial charge in [-0.2, -0.15) is 0 Å². The predicted molar refractivity (Wildman–Crippen MR) is 141 cm³/mol. The van der Waals surface area contributed by atoms with E-state index >= 15 is 0 Å². The van der Waals surface area contributed by atoms with E-state index in [1.807, 2.05) is 26.2 Å². The highest BCUT2D eigenvalue weighted by Crippen LogP contribution is 2.42. The van der Waals surface area contributed by atoms with Crippen LogP contribution in [0, 0.1) is 0 Å². The highest BCUT2D eigenvalue weighted by Gasteiger charge is 2.28. The summed E-state index contributed by atoms with van der Waals surface area (Å²) < 4.78 is 11.7. The first-order valence-electron chi connectivity index (χ1n) is 12.0. The number of benzene rings is 2. The summed E-state index contributed by atoms with van der Waals surface area (Å²) in [6.45, 7) is 13.3. The van der Waals surface area contributed by atoms with Gasteiger partial charge < -0.3 is 19.2 Å². The number of aromatic hydroxyl groups is 1. The molecule has 0 aliphatic carbocycles. The summed E-state index contributed by atoms with van der Waals surface area (Å²) in [6, 6.07) is 12.4. The van der Waals surface area contributed by atoms with Crippen LogP contribution in [0.4, 0.5) is 5.69 Å². The van der Waals surface area contributed by atoms with Gasteiger partial charge in [-0.25, -0.2) is 4.98 Å². The summed E-state index contributed by atoms with van der Waals surface area (Å²) in [5, 5.41) is 11.1. The number of ether oxygens (including phenoxy) is 1. The summed E-state index contributed by atoms with van der Waals surface area (Å²) in [5.74, 6) is 1.79. The topological polar surface area (TPSA) is 58.7 Å². The Labute approximate surface area is 204 Å².